The van der Waals surface area contributed by atoms with Crippen molar-refractivity contribution >= 4 is 35.4 Å². The van der Waals surface area contributed by atoms with Crippen molar-refractivity contribution in [3.05, 3.63) is 54.4 Å². The SMILES string of the molecule is Cl.O=C1CCC(c2ccc(Nc3ccncc3)cc2)=NN1. The molecule has 0 radical (unpaired) electrons. The molecule has 2 N–H and O–H groups in total. The molecule has 0 aliphatic carbocycles. The number of halogens is 1. The number of hydrogen-bond acceptors (Lipinski definition) is 4. The Morgan fingerprint density at radius 1 is 0.952 bits per heavy atom. The van der Waals surface area contributed by atoms with Crippen LogP contribution in [0.4, 0.5) is 11.4 Å². The third kappa shape index (κ3) is 3.79. The second kappa shape index (κ2) is 6.85. The Morgan fingerprint density at radius 2 is 1.62 bits per heavy atom. The normalized spacial score (nSPS) is 13.7. The van der Waals surface area contributed by atoms with Gasteiger partial charge in [0.1, 0.15) is 0 Å². The minimum Gasteiger partial charge on any atom is -0.355 e. The van der Waals surface area contributed by atoms with Crippen molar-refractivity contribution in [2.75, 3.05) is 5.32 Å². The van der Waals surface area contributed by atoms with Gasteiger partial charge in [0.2, 0.25) is 5.91 Å². The Kier molecular flexibility index (Phi) is 4.90. The van der Waals surface area contributed by atoms with Crippen LogP contribution in [0.3, 0.4) is 0 Å². The van der Waals surface area contributed by atoms with E-state index >= 15 is 0 Å². The number of rotatable bonds is 3. The van der Waals surface area contributed by atoms with Crippen molar-refractivity contribution < 1.29 is 4.79 Å². The quantitative estimate of drug-likeness (QED) is 0.916. The number of aromatic nitrogens is 1. The molecule has 1 amide bonds. The van der Waals surface area contributed by atoms with Crippen LogP contribution in [0.25, 0.3) is 0 Å². The number of carbonyl (C=O) groups is 1. The minimum absolute atomic E-state index is 0. The van der Waals surface area contributed by atoms with E-state index in [9.17, 15) is 4.79 Å². The monoisotopic (exact) mass is 302 g/mol. The van der Waals surface area contributed by atoms with Gasteiger partial charge in [-0.2, -0.15) is 5.10 Å². The second-order valence-corrected chi connectivity index (χ2v) is 4.53. The lowest BCUT2D eigenvalue weighted by Crippen LogP contribution is -2.25. The molecule has 0 saturated heterocycles. The zero-order valence-corrected chi connectivity index (χ0v) is 12.1. The molecule has 1 aromatic carbocycles. The van der Waals surface area contributed by atoms with Crippen molar-refractivity contribution in [3.8, 4) is 0 Å². The van der Waals surface area contributed by atoms with Gasteiger partial charge in [0.05, 0.1) is 5.71 Å². The first-order valence-electron chi connectivity index (χ1n) is 6.44. The van der Waals surface area contributed by atoms with E-state index in [0.29, 0.717) is 12.8 Å². The summed E-state index contributed by atoms with van der Waals surface area (Å²) in [5.74, 6) is -0.0234. The molecule has 108 valence electrons. The zero-order chi connectivity index (χ0) is 13.8. The van der Waals surface area contributed by atoms with Crippen LogP contribution in [0.15, 0.2) is 53.9 Å². The summed E-state index contributed by atoms with van der Waals surface area (Å²) in [6, 6.07) is 11.8. The summed E-state index contributed by atoms with van der Waals surface area (Å²) in [5, 5.41) is 7.37. The lowest BCUT2D eigenvalue weighted by molar-refractivity contribution is -0.121. The number of nitrogens with one attached hydrogen (secondary N) is 2. The Morgan fingerprint density at radius 3 is 2.24 bits per heavy atom. The first-order valence-corrected chi connectivity index (χ1v) is 6.44. The third-order valence-corrected chi connectivity index (χ3v) is 3.09. The third-order valence-electron chi connectivity index (χ3n) is 3.09. The molecule has 3 rings (SSSR count). The van der Waals surface area contributed by atoms with Gasteiger partial charge in [-0.15, -0.1) is 12.4 Å². The molecule has 21 heavy (non-hydrogen) atoms. The highest BCUT2D eigenvalue weighted by Crippen LogP contribution is 2.18. The summed E-state index contributed by atoms with van der Waals surface area (Å²) < 4.78 is 0. The fraction of sp³-hybridized carbons (Fsp3) is 0.133. The van der Waals surface area contributed by atoms with Crippen LogP contribution in [0, 0.1) is 0 Å². The van der Waals surface area contributed by atoms with Gasteiger partial charge in [-0.1, -0.05) is 12.1 Å². The Bertz CT molecular complexity index is 640. The van der Waals surface area contributed by atoms with Crippen molar-refractivity contribution in [1.82, 2.24) is 10.4 Å². The summed E-state index contributed by atoms with van der Waals surface area (Å²) >= 11 is 0. The molecule has 0 saturated carbocycles. The smallest absolute Gasteiger partial charge is 0.240 e. The molecule has 5 nitrogen and oxygen atoms in total. The number of carbonyl (C=O) groups excluding carboxylic acids is 1. The minimum atomic E-state index is -0.0234. The van der Waals surface area contributed by atoms with Gasteiger partial charge < -0.3 is 5.32 Å². The number of pyridine rings is 1. The van der Waals surface area contributed by atoms with Crippen molar-refractivity contribution in [2.24, 2.45) is 5.10 Å². The van der Waals surface area contributed by atoms with E-state index in [2.05, 4.69) is 20.8 Å². The van der Waals surface area contributed by atoms with E-state index in [1.807, 2.05) is 36.4 Å². The highest BCUT2D eigenvalue weighted by atomic mass is 35.5. The molecular weight excluding hydrogens is 288 g/mol. The molecule has 2 aromatic rings. The Hall–Kier alpha value is -2.40. The lowest BCUT2D eigenvalue weighted by Gasteiger charge is -2.12. The molecule has 0 bridgehead atoms. The van der Waals surface area contributed by atoms with Crippen LogP contribution in [-0.4, -0.2) is 16.6 Å². The number of amides is 1. The maximum atomic E-state index is 11.1. The van der Waals surface area contributed by atoms with Gasteiger partial charge in [-0.3, -0.25) is 9.78 Å². The molecule has 1 aliphatic heterocycles. The molecular formula is C15H15ClN4O. The number of hydrazone groups is 1. The van der Waals surface area contributed by atoms with Crippen molar-refractivity contribution in [1.29, 1.82) is 0 Å². The molecule has 2 heterocycles. The van der Waals surface area contributed by atoms with E-state index in [0.717, 1.165) is 22.6 Å². The van der Waals surface area contributed by atoms with Crippen LogP contribution >= 0.6 is 12.4 Å². The number of anilines is 2. The summed E-state index contributed by atoms with van der Waals surface area (Å²) in [4.78, 5) is 15.0. The first-order chi connectivity index (χ1) is 9.81. The van der Waals surface area contributed by atoms with E-state index in [4.69, 9.17) is 0 Å². The summed E-state index contributed by atoms with van der Waals surface area (Å²) in [5.41, 5.74) is 6.46. The van der Waals surface area contributed by atoms with E-state index in [1.165, 1.54) is 0 Å². The standard InChI is InChI=1S/C15H14N4O.ClH/c20-15-6-5-14(18-19-15)11-1-3-12(4-2-11)17-13-7-9-16-10-8-13;/h1-4,7-10H,5-6H2,(H,16,17)(H,19,20);1H. The number of nitrogens with zero attached hydrogens (tertiary/aromatic N) is 2. The fourth-order valence-corrected chi connectivity index (χ4v) is 2.03. The van der Waals surface area contributed by atoms with Gasteiger partial charge >= 0.3 is 0 Å². The predicted molar refractivity (Wildman–Crippen MR) is 85.1 cm³/mol. The molecule has 6 heteroatoms. The molecule has 0 unspecified atom stereocenters. The van der Waals surface area contributed by atoms with Gasteiger partial charge in [-0.05, 0) is 29.8 Å². The van der Waals surface area contributed by atoms with Crippen molar-refractivity contribution in [2.45, 2.75) is 12.8 Å². The zero-order valence-electron chi connectivity index (χ0n) is 11.2. The second-order valence-electron chi connectivity index (χ2n) is 4.53. The fourth-order valence-electron chi connectivity index (χ4n) is 2.03. The van der Waals surface area contributed by atoms with Gasteiger partial charge in [0.25, 0.3) is 0 Å². The Balaban J connectivity index is 0.00000161. The molecule has 1 aliphatic rings. The largest absolute Gasteiger partial charge is 0.355 e. The van der Waals surface area contributed by atoms with E-state index in [-0.39, 0.29) is 18.3 Å². The van der Waals surface area contributed by atoms with Gasteiger partial charge in [0, 0.05) is 36.6 Å². The van der Waals surface area contributed by atoms with E-state index in [1.54, 1.807) is 12.4 Å². The molecule has 0 fully saturated rings. The van der Waals surface area contributed by atoms with Gasteiger partial charge in [0.15, 0.2) is 0 Å². The predicted octanol–water partition coefficient (Wildman–Crippen LogP) is 2.86. The van der Waals surface area contributed by atoms with Crippen LogP contribution in [0.2, 0.25) is 0 Å². The number of hydrogen-bond donors (Lipinski definition) is 2. The van der Waals surface area contributed by atoms with Crippen LogP contribution < -0.4 is 10.7 Å². The molecule has 0 atom stereocenters. The topological polar surface area (TPSA) is 66.4 Å². The van der Waals surface area contributed by atoms with Crippen LogP contribution in [0.1, 0.15) is 18.4 Å². The first kappa shape index (κ1) is 15.0. The molecule has 1 aromatic heterocycles. The highest BCUT2D eigenvalue weighted by molar-refractivity contribution is 6.04. The average Bonchev–Trinajstić information content (AvgIpc) is 2.50. The van der Waals surface area contributed by atoms with Gasteiger partial charge in [-0.25, -0.2) is 5.43 Å². The van der Waals surface area contributed by atoms with Crippen LogP contribution in [-0.2, 0) is 4.79 Å². The summed E-state index contributed by atoms with van der Waals surface area (Å²) in [6.07, 6.45) is 4.67. The maximum Gasteiger partial charge on any atom is 0.240 e. The van der Waals surface area contributed by atoms with E-state index < -0.39 is 0 Å². The lowest BCUT2D eigenvalue weighted by atomic mass is 10.0. The summed E-state index contributed by atoms with van der Waals surface area (Å²) in [7, 11) is 0. The Labute approximate surface area is 128 Å². The maximum absolute atomic E-state index is 11.1. The average molecular weight is 303 g/mol. The highest BCUT2D eigenvalue weighted by Gasteiger charge is 2.12. The van der Waals surface area contributed by atoms with Crippen LogP contribution in [0.5, 0.6) is 0 Å². The summed E-state index contributed by atoms with van der Waals surface area (Å²) in [6.45, 7) is 0. The number of benzene rings is 1. The van der Waals surface area contributed by atoms with Crippen molar-refractivity contribution in [3.63, 3.8) is 0 Å². The molecule has 0 spiro atoms.